The Bertz CT molecular complexity index is 911. The maximum absolute atomic E-state index is 12.7. The normalized spacial score (nSPS) is 16.8. The standard InChI is InChI=1S/C19H21ClN2O3S2/c1-14(19(23)15-6-5-7-16(20)12-15)26-18-9-8-17(13-21-18)27(24,25)22-10-3-2-4-11-22/h5-9,12-14H,2-4,10-11H2,1H3/t14-/m0/s1. The molecule has 0 aliphatic carbocycles. The number of piperidine rings is 1. The second-order valence-electron chi connectivity index (χ2n) is 6.43. The third-order valence-corrected chi connectivity index (χ3v) is 7.61. The lowest BCUT2D eigenvalue weighted by Gasteiger charge is -2.25. The minimum absolute atomic E-state index is 0.0469. The lowest BCUT2D eigenvalue weighted by Crippen LogP contribution is -2.35. The van der Waals surface area contributed by atoms with E-state index in [0.717, 1.165) is 19.3 Å². The Labute approximate surface area is 169 Å². The molecule has 144 valence electrons. The summed E-state index contributed by atoms with van der Waals surface area (Å²) in [5.74, 6) is -0.0469. The van der Waals surface area contributed by atoms with Crippen molar-refractivity contribution in [3.63, 3.8) is 0 Å². The topological polar surface area (TPSA) is 67.3 Å². The molecule has 2 aromatic rings. The van der Waals surface area contributed by atoms with Crippen LogP contribution in [0.25, 0.3) is 0 Å². The molecule has 0 bridgehead atoms. The predicted octanol–water partition coefficient (Wildman–Crippen LogP) is 4.27. The number of pyridine rings is 1. The number of hydrogen-bond donors (Lipinski definition) is 0. The molecule has 0 saturated carbocycles. The molecule has 8 heteroatoms. The van der Waals surface area contributed by atoms with E-state index in [1.54, 1.807) is 43.3 Å². The van der Waals surface area contributed by atoms with Crippen molar-refractivity contribution in [2.45, 2.75) is 41.4 Å². The molecule has 0 spiro atoms. The first-order chi connectivity index (χ1) is 12.9. The third-order valence-electron chi connectivity index (χ3n) is 4.44. The van der Waals surface area contributed by atoms with Crippen LogP contribution in [0.15, 0.2) is 52.5 Å². The number of hydrogen-bond acceptors (Lipinski definition) is 5. The zero-order valence-electron chi connectivity index (χ0n) is 15.0. The Morgan fingerprint density at radius 2 is 1.93 bits per heavy atom. The maximum atomic E-state index is 12.7. The fourth-order valence-corrected chi connectivity index (χ4v) is 5.47. The largest absolute Gasteiger partial charge is 0.293 e. The van der Waals surface area contributed by atoms with Crippen LogP contribution >= 0.6 is 23.4 Å². The number of benzene rings is 1. The van der Waals surface area contributed by atoms with E-state index in [9.17, 15) is 13.2 Å². The quantitative estimate of drug-likeness (QED) is 0.511. The first kappa shape index (κ1) is 20.3. The van der Waals surface area contributed by atoms with Gasteiger partial charge in [0.1, 0.15) is 4.90 Å². The summed E-state index contributed by atoms with van der Waals surface area (Å²) in [6, 6.07) is 10.1. The van der Waals surface area contributed by atoms with Crippen LogP contribution in [0.1, 0.15) is 36.5 Å². The van der Waals surface area contributed by atoms with E-state index in [-0.39, 0.29) is 15.9 Å². The van der Waals surface area contributed by atoms with Crippen LogP contribution in [0.5, 0.6) is 0 Å². The molecule has 1 saturated heterocycles. The lowest BCUT2D eigenvalue weighted by atomic mass is 10.1. The summed E-state index contributed by atoms with van der Waals surface area (Å²) in [5, 5.41) is 0.763. The van der Waals surface area contributed by atoms with Crippen LogP contribution in [0.2, 0.25) is 5.02 Å². The Kier molecular flexibility index (Phi) is 6.57. The van der Waals surface area contributed by atoms with E-state index in [2.05, 4.69) is 4.98 Å². The van der Waals surface area contributed by atoms with Crippen molar-refractivity contribution in [3.8, 4) is 0 Å². The highest BCUT2D eigenvalue weighted by Crippen LogP contribution is 2.27. The van der Waals surface area contributed by atoms with Crippen LogP contribution in [-0.2, 0) is 10.0 Å². The molecule has 3 rings (SSSR count). The average Bonchev–Trinajstić information content (AvgIpc) is 2.68. The van der Waals surface area contributed by atoms with E-state index < -0.39 is 10.0 Å². The summed E-state index contributed by atoms with van der Waals surface area (Å²) in [6.45, 7) is 2.92. The fraction of sp³-hybridized carbons (Fsp3) is 0.368. The molecule has 1 aliphatic rings. The number of aromatic nitrogens is 1. The molecule has 1 atom stereocenters. The van der Waals surface area contributed by atoms with Crippen LogP contribution in [0.4, 0.5) is 0 Å². The molecular formula is C19H21ClN2O3S2. The van der Waals surface area contributed by atoms with Gasteiger partial charge in [0.2, 0.25) is 10.0 Å². The smallest absolute Gasteiger partial charge is 0.244 e. The van der Waals surface area contributed by atoms with Crippen LogP contribution in [0, 0.1) is 0 Å². The van der Waals surface area contributed by atoms with Gasteiger partial charge in [0.05, 0.1) is 10.3 Å². The molecular weight excluding hydrogens is 404 g/mol. The Hall–Kier alpha value is -1.41. The SMILES string of the molecule is C[C@H](Sc1ccc(S(=O)(=O)N2CCCCC2)cn1)C(=O)c1cccc(Cl)c1. The number of thioether (sulfide) groups is 1. The van der Waals surface area contributed by atoms with Gasteiger partial charge in [-0.2, -0.15) is 4.31 Å². The van der Waals surface area contributed by atoms with Crippen LogP contribution in [0.3, 0.4) is 0 Å². The Balaban J connectivity index is 1.69. The summed E-state index contributed by atoms with van der Waals surface area (Å²) in [6.07, 6.45) is 4.23. The minimum Gasteiger partial charge on any atom is -0.293 e. The molecule has 5 nitrogen and oxygen atoms in total. The number of carbonyl (C=O) groups is 1. The molecule has 0 unspecified atom stereocenters. The van der Waals surface area contributed by atoms with Gasteiger partial charge in [0, 0.05) is 29.9 Å². The molecule has 1 aromatic carbocycles. The van der Waals surface area contributed by atoms with E-state index in [4.69, 9.17) is 11.6 Å². The van der Waals surface area contributed by atoms with Gasteiger partial charge in [-0.3, -0.25) is 4.79 Å². The van der Waals surface area contributed by atoms with Gasteiger partial charge in [0.25, 0.3) is 0 Å². The number of ketones is 1. The molecule has 1 aromatic heterocycles. The Morgan fingerprint density at radius 1 is 1.19 bits per heavy atom. The summed E-state index contributed by atoms with van der Waals surface area (Å²) in [4.78, 5) is 17.0. The van der Waals surface area contributed by atoms with Crippen molar-refractivity contribution in [2.24, 2.45) is 0 Å². The molecule has 0 N–H and O–H groups in total. The van der Waals surface area contributed by atoms with Crippen molar-refractivity contribution < 1.29 is 13.2 Å². The highest BCUT2D eigenvalue weighted by molar-refractivity contribution is 8.00. The van der Waals surface area contributed by atoms with Crippen molar-refractivity contribution in [2.75, 3.05) is 13.1 Å². The van der Waals surface area contributed by atoms with Crippen molar-refractivity contribution in [1.82, 2.24) is 9.29 Å². The van der Waals surface area contributed by atoms with E-state index in [1.165, 1.54) is 22.3 Å². The van der Waals surface area contributed by atoms with Gasteiger partial charge in [-0.05, 0) is 44.0 Å². The van der Waals surface area contributed by atoms with Gasteiger partial charge in [-0.1, -0.05) is 41.9 Å². The van der Waals surface area contributed by atoms with Gasteiger partial charge >= 0.3 is 0 Å². The van der Waals surface area contributed by atoms with Gasteiger partial charge in [-0.25, -0.2) is 13.4 Å². The fourth-order valence-electron chi connectivity index (χ4n) is 2.95. The second kappa shape index (κ2) is 8.73. The Morgan fingerprint density at radius 3 is 2.56 bits per heavy atom. The number of nitrogens with zero attached hydrogens (tertiary/aromatic N) is 2. The molecule has 2 heterocycles. The van der Waals surface area contributed by atoms with E-state index >= 15 is 0 Å². The lowest BCUT2D eigenvalue weighted by molar-refractivity contribution is 0.0994. The van der Waals surface area contributed by atoms with Crippen molar-refractivity contribution >= 4 is 39.2 Å². The highest BCUT2D eigenvalue weighted by atomic mass is 35.5. The highest BCUT2D eigenvalue weighted by Gasteiger charge is 2.26. The van der Waals surface area contributed by atoms with Crippen molar-refractivity contribution in [3.05, 3.63) is 53.2 Å². The average molecular weight is 425 g/mol. The zero-order valence-corrected chi connectivity index (χ0v) is 17.4. The second-order valence-corrected chi connectivity index (χ2v) is 10.2. The molecule has 0 radical (unpaired) electrons. The number of sulfonamides is 1. The summed E-state index contributed by atoms with van der Waals surface area (Å²) in [7, 11) is -3.49. The number of rotatable bonds is 6. The molecule has 1 aliphatic heterocycles. The molecule has 0 amide bonds. The van der Waals surface area contributed by atoms with Crippen LogP contribution < -0.4 is 0 Å². The number of carbonyl (C=O) groups excluding carboxylic acids is 1. The molecule has 1 fully saturated rings. The monoisotopic (exact) mass is 424 g/mol. The number of halogens is 1. The zero-order chi connectivity index (χ0) is 19.4. The van der Waals surface area contributed by atoms with Gasteiger partial charge in [-0.15, -0.1) is 0 Å². The third kappa shape index (κ3) is 4.90. The van der Waals surface area contributed by atoms with Crippen LogP contribution in [-0.4, -0.2) is 41.8 Å². The number of Topliss-reactive ketones (excluding diaryl/α,β-unsaturated/α-hetero) is 1. The minimum atomic E-state index is -3.49. The van der Waals surface area contributed by atoms with Crippen molar-refractivity contribution in [1.29, 1.82) is 0 Å². The van der Waals surface area contributed by atoms with E-state index in [1.807, 2.05) is 0 Å². The van der Waals surface area contributed by atoms with E-state index in [0.29, 0.717) is 28.7 Å². The maximum Gasteiger partial charge on any atom is 0.244 e. The predicted molar refractivity (Wildman–Crippen MR) is 108 cm³/mol. The summed E-state index contributed by atoms with van der Waals surface area (Å²) < 4.78 is 26.8. The summed E-state index contributed by atoms with van der Waals surface area (Å²) in [5.41, 5.74) is 0.548. The summed E-state index contributed by atoms with van der Waals surface area (Å²) >= 11 is 7.24. The first-order valence-electron chi connectivity index (χ1n) is 8.80. The van der Waals surface area contributed by atoms with Gasteiger partial charge in [0.15, 0.2) is 5.78 Å². The first-order valence-corrected chi connectivity index (χ1v) is 11.5. The van der Waals surface area contributed by atoms with Gasteiger partial charge < -0.3 is 0 Å². The molecule has 27 heavy (non-hydrogen) atoms.